The fraction of sp³-hybridized carbons (Fsp3) is 0.286. The summed E-state index contributed by atoms with van der Waals surface area (Å²) in [6, 6.07) is 11.2. The van der Waals surface area contributed by atoms with E-state index in [-0.39, 0.29) is 17.3 Å². The average molecular weight is 382 g/mol. The number of likely N-dealkylation sites (N-methyl/N-ethyl adjacent to an activating group) is 1. The van der Waals surface area contributed by atoms with Gasteiger partial charge in [-0.2, -0.15) is 0 Å². The maximum atomic E-state index is 13.7. The third kappa shape index (κ3) is 4.26. The standard InChI is InChI=1S/C21H23FN4O2/c1-4-26(12-19-24-18-8-6-5-7-16(18)21(28)25-19)14(3)20(27)23-15-10-9-13(2)17(22)11-15/h5-11,14H,4,12H2,1-3H3,(H,23,27)(H,24,25,28). The van der Waals surface area contributed by atoms with Crippen molar-refractivity contribution in [3.05, 3.63) is 70.0 Å². The van der Waals surface area contributed by atoms with Crippen molar-refractivity contribution in [2.45, 2.75) is 33.4 Å². The summed E-state index contributed by atoms with van der Waals surface area (Å²) in [5.74, 6) is -0.129. The summed E-state index contributed by atoms with van der Waals surface area (Å²) >= 11 is 0. The number of amides is 1. The molecule has 0 aliphatic carbocycles. The van der Waals surface area contributed by atoms with Crippen molar-refractivity contribution >= 4 is 22.5 Å². The van der Waals surface area contributed by atoms with Gasteiger partial charge in [-0.05, 0) is 50.2 Å². The predicted octanol–water partition coefficient (Wildman–Crippen LogP) is 3.22. The summed E-state index contributed by atoms with van der Waals surface area (Å²) in [7, 11) is 0. The average Bonchev–Trinajstić information content (AvgIpc) is 2.68. The van der Waals surface area contributed by atoms with Crippen molar-refractivity contribution in [1.29, 1.82) is 0 Å². The first-order valence-corrected chi connectivity index (χ1v) is 9.18. The lowest BCUT2D eigenvalue weighted by atomic mass is 10.2. The fourth-order valence-electron chi connectivity index (χ4n) is 3.01. The number of carbonyl (C=O) groups is 1. The van der Waals surface area contributed by atoms with Gasteiger partial charge in [0, 0.05) is 5.69 Å². The third-order valence-electron chi connectivity index (χ3n) is 4.79. The van der Waals surface area contributed by atoms with Crippen molar-refractivity contribution in [2.24, 2.45) is 0 Å². The highest BCUT2D eigenvalue weighted by molar-refractivity contribution is 5.94. The summed E-state index contributed by atoms with van der Waals surface area (Å²) in [4.78, 5) is 34.0. The number of fused-ring (bicyclic) bond motifs is 1. The molecule has 3 rings (SSSR count). The zero-order chi connectivity index (χ0) is 20.3. The Labute approximate surface area is 162 Å². The molecular formula is C21H23FN4O2. The van der Waals surface area contributed by atoms with Crippen LogP contribution in [0, 0.1) is 12.7 Å². The summed E-state index contributed by atoms with van der Waals surface area (Å²) < 4.78 is 13.7. The molecule has 7 heteroatoms. The molecule has 0 bridgehead atoms. The highest BCUT2D eigenvalue weighted by atomic mass is 19.1. The topological polar surface area (TPSA) is 78.1 Å². The Morgan fingerprint density at radius 2 is 2.04 bits per heavy atom. The van der Waals surface area contributed by atoms with Crippen molar-refractivity contribution in [2.75, 3.05) is 11.9 Å². The molecule has 1 amide bonds. The second kappa shape index (κ2) is 8.31. The van der Waals surface area contributed by atoms with Gasteiger partial charge in [-0.15, -0.1) is 0 Å². The smallest absolute Gasteiger partial charge is 0.258 e. The first-order valence-electron chi connectivity index (χ1n) is 9.18. The van der Waals surface area contributed by atoms with Crippen LogP contribution in [0.1, 0.15) is 25.2 Å². The molecule has 2 aromatic carbocycles. The Morgan fingerprint density at radius 3 is 2.75 bits per heavy atom. The number of aryl methyl sites for hydroxylation is 1. The highest BCUT2D eigenvalue weighted by Gasteiger charge is 2.21. The van der Waals surface area contributed by atoms with Crippen molar-refractivity contribution < 1.29 is 9.18 Å². The van der Waals surface area contributed by atoms with E-state index in [2.05, 4.69) is 15.3 Å². The molecule has 0 aliphatic rings. The maximum absolute atomic E-state index is 13.7. The third-order valence-corrected chi connectivity index (χ3v) is 4.79. The summed E-state index contributed by atoms with van der Waals surface area (Å²) in [5, 5.41) is 3.27. The summed E-state index contributed by atoms with van der Waals surface area (Å²) in [6.45, 7) is 6.25. The number of para-hydroxylation sites is 1. The molecule has 3 aromatic rings. The monoisotopic (exact) mass is 382 g/mol. The van der Waals surface area contributed by atoms with Gasteiger partial charge in [-0.1, -0.05) is 25.1 Å². The Bertz CT molecular complexity index is 1060. The molecule has 0 aliphatic heterocycles. The highest BCUT2D eigenvalue weighted by Crippen LogP contribution is 2.15. The number of nitrogens with zero attached hydrogens (tertiary/aromatic N) is 2. The van der Waals surface area contributed by atoms with E-state index in [1.165, 1.54) is 6.07 Å². The SMILES string of the molecule is CCN(Cc1nc2ccccc2c(=O)[nH]1)C(C)C(=O)Nc1ccc(C)c(F)c1. The Hall–Kier alpha value is -3.06. The van der Waals surface area contributed by atoms with Gasteiger partial charge in [0.05, 0.1) is 23.5 Å². The molecule has 146 valence electrons. The minimum absolute atomic E-state index is 0.205. The molecule has 0 saturated carbocycles. The molecule has 1 atom stereocenters. The largest absolute Gasteiger partial charge is 0.325 e. The predicted molar refractivity (Wildman–Crippen MR) is 108 cm³/mol. The van der Waals surface area contributed by atoms with Crippen LogP contribution in [0.3, 0.4) is 0 Å². The number of anilines is 1. The minimum atomic E-state index is -0.494. The van der Waals surface area contributed by atoms with Gasteiger partial charge in [0.25, 0.3) is 5.56 Å². The first kappa shape index (κ1) is 19.7. The van der Waals surface area contributed by atoms with E-state index < -0.39 is 6.04 Å². The Balaban J connectivity index is 1.76. The molecule has 1 heterocycles. The van der Waals surface area contributed by atoms with E-state index in [4.69, 9.17) is 0 Å². The number of nitrogens with one attached hydrogen (secondary N) is 2. The molecule has 0 saturated heterocycles. The van der Waals surface area contributed by atoms with Gasteiger partial charge in [-0.3, -0.25) is 14.5 Å². The number of H-pyrrole nitrogens is 1. The van der Waals surface area contributed by atoms with E-state index in [0.29, 0.717) is 41.1 Å². The zero-order valence-electron chi connectivity index (χ0n) is 16.1. The fourth-order valence-corrected chi connectivity index (χ4v) is 3.01. The van der Waals surface area contributed by atoms with Gasteiger partial charge >= 0.3 is 0 Å². The van der Waals surface area contributed by atoms with Crippen LogP contribution in [-0.4, -0.2) is 33.4 Å². The van der Waals surface area contributed by atoms with E-state index in [9.17, 15) is 14.0 Å². The molecule has 2 N–H and O–H groups in total. The number of aromatic amines is 1. The van der Waals surface area contributed by atoms with Crippen LogP contribution < -0.4 is 10.9 Å². The van der Waals surface area contributed by atoms with Crippen LogP contribution in [-0.2, 0) is 11.3 Å². The molecule has 1 unspecified atom stereocenters. The maximum Gasteiger partial charge on any atom is 0.258 e. The first-order chi connectivity index (χ1) is 13.4. The van der Waals surface area contributed by atoms with Gasteiger partial charge in [0.1, 0.15) is 11.6 Å². The van der Waals surface area contributed by atoms with Crippen LogP contribution in [0.25, 0.3) is 10.9 Å². The zero-order valence-corrected chi connectivity index (χ0v) is 16.1. The second-order valence-corrected chi connectivity index (χ2v) is 6.72. The number of aromatic nitrogens is 2. The molecule has 6 nitrogen and oxygen atoms in total. The number of halogens is 1. The van der Waals surface area contributed by atoms with Crippen LogP contribution in [0.2, 0.25) is 0 Å². The summed E-state index contributed by atoms with van der Waals surface area (Å²) in [5.41, 5.74) is 1.34. The lowest BCUT2D eigenvalue weighted by Crippen LogP contribution is -2.42. The van der Waals surface area contributed by atoms with Crippen LogP contribution >= 0.6 is 0 Å². The van der Waals surface area contributed by atoms with Crippen molar-refractivity contribution in [3.8, 4) is 0 Å². The number of benzene rings is 2. The van der Waals surface area contributed by atoms with Crippen molar-refractivity contribution in [1.82, 2.24) is 14.9 Å². The minimum Gasteiger partial charge on any atom is -0.325 e. The second-order valence-electron chi connectivity index (χ2n) is 6.72. The lowest BCUT2D eigenvalue weighted by Gasteiger charge is -2.26. The Morgan fingerprint density at radius 1 is 1.29 bits per heavy atom. The van der Waals surface area contributed by atoms with E-state index in [1.807, 2.05) is 17.9 Å². The van der Waals surface area contributed by atoms with Gasteiger partial charge < -0.3 is 10.3 Å². The number of hydrogen-bond donors (Lipinski definition) is 2. The van der Waals surface area contributed by atoms with E-state index >= 15 is 0 Å². The molecule has 0 spiro atoms. The summed E-state index contributed by atoms with van der Waals surface area (Å²) in [6.07, 6.45) is 0. The number of hydrogen-bond acceptors (Lipinski definition) is 4. The van der Waals surface area contributed by atoms with E-state index in [0.717, 1.165) is 0 Å². The molecular weight excluding hydrogens is 359 g/mol. The molecule has 28 heavy (non-hydrogen) atoms. The molecule has 0 radical (unpaired) electrons. The van der Waals surface area contributed by atoms with Gasteiger partial charge in [0.15, 0.2) is 0 Å². The van der Waals surface area contributed by atoms with Crippen molar-refractivity contribution in [3.63, 3.8) is 0 Å². The molecule has 1 aromatic heterocycles. The number of carbonyl (C=O) groups excluding carboxylic acids is 1. The van der Waals surface area contributed by atoms with Gasteiger partial charge in [-0.25, -0.2) is 9.37 Å². The van der Waals surface area contributed by atoms with Gasteiger partial charge in [0.2, 0.25) is 5.91 Å². The number of rotatable bonds is 6. The quantitative estimate of drug-likeness (QED) is 0.686. The van der Waals surface area contributed by atoms with Crippen LogP contribution in [0.4, 0.5) is 10.1 Å². The van der Waals surface area contributed by atoms with E-state index in [1.54, 1.807) is 44.2 Å². The molecule has 0 fully saturated rings. The van der Waals surface area contributed by atoms with Crippen LogP contribution in [0.5, 0.6) is 0 Å². The Kier molecular flexibility index (Phi) is 5.84. The lowest BCUT2D eigenvalue weighted by molar-refractivity contribution is -0.120. The normalized spacial score (nSPS) is 12.3. The van der Waals surface area contributed by atoms with Crippen LogP contribution in [0.15, 0.2) is 47.3 Å².